The van der Waals surface area contributed by atoms with Gasteiger partial charge in [-0.1, -0.05) is 0 Å². The number of benzene rings is 1. The van der Waals surface area contributed by atoms with E-state index in [-0.39, 0.29) is 5.75 Å². The smallest absolute Gasteiger partial charge is 0.178 e. The molecule has 0 unspecified atom stereocenters. The molecule has 17 heavy (non-hydrogen) atoms. The van der Waals surface area contributed by atoms with Crippen LogP contribution in [0.1, 0.15) is 24.8 Å². The van der Waals surface area contributed by atoms with E-state index in [1.165, 1.54) is 7.11 Å². The van der Waals surface area contributed by atoms with Crippen molar-refractivity contribution in [3.63, 3.8) is 0 Å². The molecule has 94 valence electrons. The zero-order valence-electron chi connectivity index (χ0n) is 9.92. The molecule has 0 atom stereocenters. The van der Waals surface area contributed by atoms with Gasteiger partial charge in [0.15, 0.2) is 11.5 Å². The molecule has 1 saturated carbocycles. The number of hydrogen-bond acceptors (Lipinski definition) is 4. The summed E-state index contributed by atoms with van der Waals surface area (Å²) in [6, 6.07) is 1.76. The summed E-state index contributed by atoms with van der Waals surface area (Å²) in [6.45, 7) is 0. The molecule has 0 aliphatic heterocycles. The van der Waals surface area contributed by atoms with Gasteiger partial charge in [-0.2, -0.15) is 0 Å². The van der Waals surface area contributed by atoms with Gasteiger partial charge in [-0.05, 0) is 41.3 Å². The van der Waals surface area contributed by atoms with Crippen LogP contribution in [0.5, 0.6) is 17.2 Å². The minimum atomic E-state index is -0.438. The zero-order chi connectivity index (χ0) is 12.6. The van der Waals surface area contributed by atoms with E-state index in [1.54, 1.807) is 13.2 Å². The van der Waals surface area contributed by atoms with E-state index in [2.05, 4.69) is 15.9 Å². The molecule has 0 heterocycles. The molecule has 1 aliphatic rings. The van der Waals surface area contributed by atoms with Crippen LogP contribution in [0.15, 0.2) is 10.5 Å². The Labute approximate surface area is 109 Å². The molecule has 4 nitrogen and oxygen atoms in total. The lowest BCUT2D eigenvalue weighted by atomic mass is 9.72. The number of hydrogen-bond donors (Lipinski definition) is 2. The number of aromatic hydroxyl groups is 1. The fourth-order valence-corrected chi connectivity index (χ4v) is 2.72. The molecule has 0 bridgehead atoms. The highest BCUT2D eigenvalue weighted by atomic mass is 79.9. The van der Waals surface area contributed by atoms with Crippen molar-refractivity contribution >= 4 is 15.9 Å². The van der Waals surface area contributed by atoms with Crippen LogP contribution in [0.3, 0.4) is 0 Å². The Kier molecular flexibility index (Phi) is 3.23. The van der Waals surface area contributed by atoms with Crippen LogP contribution < -0.4 is 15.2 Å². The SMILES string of the molecule is COc1cc(C2(N)CCC2)c(O)c(Br)c1OC. The molecular weight excluding hydrogens is 286 g/mol. The first kappa shape index (κ1) is 12.5. The van der Waals surface area contributed by atoms with Gasteiger partial charge in [-0.25, -0.2) is 0 Å². The lowest BCUT2D eigenvalue weighted by molar-refractivity contribution is 0.242. The summed E-state index contributed by atoms with van der Waals surface area (Å²) in [7, 11) is 3.10. The van der Waals surface area contributed by atoms with Gasteiger partial charge in [-0.3, -0.25) is 0 Å². The third-order valence-electron chi connectivity index (χ3n) is 3.37. The molecule has 0 radical (unpaired) electrons. The Morgan fingerprint density at radius 3 is 2.41 bits per heavy atom. The van der Waals surface area contributed by atoms with Gasteiger partial charge in [0, 0.05) is 11.1 Å². The molecule has 5 heteroatoms. The number of methoxy groups -OCH3 is 2. The topological polar surface area (TPSA) is 64.7 Å². The summed E-state index contributed by atoms with van der Waals surface area (Å²) in [6.07, 6.45) is 2.84. The lowest BCUT2D eigenvalue weighted by Crippen LogP contribution is -2.43. The minimum Gasteiger partial charge on any atom is -0.506 e. The van der Waals surface area contributed by atoms with Crippen LogP contribution in [0, 0.1) is 0 Å². The van der Waals surface area contributed by atoms with E-state index in [9.17, 15) is 5.11 Å². The largest absolute Gasteiger partial charge is 0.506 e. The van der Waals surface area contributed by atoms with Crippen LogP contribution in [-0.4, -0.2) is 19.3 Å². The van der Waals surface area contributed by atoms with Crippen LogP contribution >= 0.6 is 15.9 Å². The third-order valence-corrected chi connectivity index (χ3v) is 4.10. The van der Waals surface area contributed by atoms with Crippen molar-refractivity contribution in [1.29, 1.82) is 0 Å². The lowest BCUT2D eigenvalue weighted by Gasteiger charge is -2.39. The highest BCUT2D eigenvalue weighted by Gasteiger charge is 2.38. The average molecular weight is 302 g/mol. The first-order valence-corrected chi connectivity index (χ1v) is 6.25. The quantitative estimate of drug-likeness (QED) is 0.900. The molecule has 1 aromatic carbocycles. The number of phenols is 1. The maximum atomic E-state index is 10.2. The fourth-order valence-electron chi connectivity index (χ4n) is 2.15. The van der Waals surface area contributed by atoms with Gasteiger partial charge >= 0.3 is 0 Å². The van der Waals surface area contributed by atoms with Gasteiger partial charge < -0.3 is 20.3 Å². The Morgan fingerprint density at radius 1 is 1.35 bits per heavy atom. The molecule has 0 spiro atoms. The molecule has 1 aromatic rings. The summed E-state index contributed by atoms with van der Waals surface area (Å²) in [5.74, 6) is 1.20. The second-order valence-electron chi connectivity index (χ2n) is 4.33. The first-order chi connectivity index (χ1) is 8.03. The molecule has 3 N–H and O–H groups in total. The van der Waals surface area contributed by atoms with Crippen molar-refractivity contribution in [2.75, 3.05) is 14.2 Å². The summed E-state index contributed by atoms with van der Waals surface area (Å²) in [4.78, 5) is 0. The van der Waals surface area contributed by atoms with Crippen molar-refractivity contribution < 1.29 is 14.6 Å². The van der Waals surface area contributed by atoms with Crippen molar-refractivity contribution in [2.45, 2.75) is 24.8 Å². The fraction of sp³-hybridized carbons (Fsp3) is 0.500. The van der Waals surface area contributed by atoms with E-state index >= 15 is 0 Å². The highest BCUT2D eigenvalue weighted by molar-refractivity contribution is 9.10. The normalized spacial score (nSPS) is 17.4. The van der Waals surface area contributed by atoms with Gasteiger partial charge in [0.25, 0.3) is 0 Å². The van der Waals surface area contributed by atoms with E-state index in [4.69, 9.17) is 15.2 Å². The molecule has 1 fully saturated rings. The standard InChI is InChI=1S/C12H16BrNO3/c1-16-8-6-7(12(14)4-3-5-12)10(15)9(13)11(8)17-2/h6,15H,3-5,14H2,1-2H3. The predicted molar refractivity (Wildman–Crippen MR) is 68.6 cm³/mol. The Hall–Kier alpha value is -0.940. The van der Waals surface area contributed by atoms with Crippen molar-refractivity contribution in [3.8, 4) is 17.2 Å². The van der Waals surface area contributed by atoms with Gasteiger partial charge in [-0.15, -0.1) is 0 Å². The van der Waals surface area contributed by atoms with Crippen LogP contribution in [-0.2, 0) is 5.54 Å². The van der Waals surface area contributed by atoms with Gasteiger partial charge in [0.2, 0.25) is 0 Å². The molecule has 1 aliphatic carbocycles. The first-order valence-electron chi connectivity index (χ1n) is 5.46. The van der Waals surface area contributed by atoms with Gasteiger partial charge in [0.05, 0.1) is 14.2 Å². The molecular formula is C12H16BrNO3. The number of halogens is 1. The molecule has 2 rings (SSSR count). The predicted octanol–water partition coefficient (Wildman–Crippen LogP) is 2.51. The average Bonchev–Trinajstić information content (AvgIpc) is 2.29. The number of ether oxygens (including phenoxy) is 2. The Bertz CT molecular complexity index is 444. The molecule has 0 saturated heterocycles. The van der Waals surface area contributed by atoms with Crippen LogP contribution in [0.2, 0.25) is 0 Å². The van der Waals surface area contributed by atoms with E-state index in [0.29, 0.717) is 21.5 Å². The maximum absolute atomic E-state index is 10.2. The third kappa shape index (κ3) is 1.87. The van der Waals surface area contributed by atoms with Gasteiger partial charge in [0.1, 0.15) is 10.2 Å². The second kappa shape index (κ2) is 4.38. The minimum absolute atomic E-state index is 0.143. The van der Waals surface area contributed by atoms with Crippen LogP contribution in [0.25, 0.3) is 0 Å². The monoisotopic (exact) mass is 301 g/mol. The zero-order valence-corrected chi connectivity index (χ0v) is 11.5. The van der Waals surface area contributed by atoms with Crippen LogP contribution in [0.4, 0.5) is 0 Å². The number of rotatable bonds is 3. The molecule has 0 aromatic heterocycles. The van der Waals surface area contributed by atoms with E-state index in [0.717, 1.165) is 19.3 Å². The maximum Gasteiger partial charge on any atom is 0.178 e. The summed E-state index contributed by atoms with van der Waals surface area (Å²) < 4.78 is 10.9. The summed E-state index contributed by atoms with van der Waals surface area (Å²) in [5, 5.41) is 10.2. The Balaban J connectivity index is 2.58. The van der Waals surface area contributed by atoms with Crippen molar-refractivity contribution in [2.24, 2.45) is 5.73 Å². The highest BCUT2D eigenvalue weighted by Crippen LogP contribution is 2.50. The Morgan fingerprint density at radius 2 is 2.00 bits per heavy atom. The van der Waals surface area contributed by atoms with Crippen molar-refractivity contribution in [3.05, 3.63) is 16.1 Å². The summed E-state index contributed by atoms with van der Waals surface area (Å²) in [5.41, 5.74) is 6.51. The van der Waals surface area contributed by atoms with Crippen molar-refractivity contribution in [1.82, 2.24) is 0 Å². The number of phenolic OH excluding ortho intramolecular Hbond substituents is 1. The molecule has 0 amide bonds. The van der Waals surface area contributed by atoms with E-state index in [1.807, 2.05) is 0 Å². The van der Waals surface area contributed by atoms with E-state index < -0.39 is 5.54 Å². The summed E-state index contributed by atoms with van der Waals surface area (Å²) >= 11 is 3.32. The second-order valence-corrected chi connectivity index (χ2v) is 5.12. The number of nitrogens with two attached hydrogens (primary N) is 1.